The molecule has 1 nitrogen and oxygen atoms in total. The van der Waals surface area contributed by atoms with Crippen molar-refractivity contribution in [3.63, 3.8) is 0 Å². The second kappa shape index (κ2) is 2.63. The maximum Gasteiger partial charge on any atom is 0.106 e. The Morgan fingerprint density at radius 3 is 2.56 bits per heavy atom. The number of hydrogen-bond donors (Lipinski definition) is 1. The molecule has 0 aliphatic rings. The van der Waals surface area contributed by atoms with Crippen molar-refractivity contribution in [2.75, 3.05) is 0 Å². The molecule has 0 fully saturated rings. The van der Waals surface area contributed by atoms with Crippen LogP contribution in [-0.2, 0) is 0 Å². The van der Waals surface area contributed by atoms with Gasteiger partial charge in [-0.05, 0) is 18.6 Å². The van der Waals surface area contributed by atoms with Crippen LogP contribution in [0.15, 0.2) is 12.3 Å². The van der Waals surface area contributed by atoms with Crippen molar-refractivity contribution in [2.24, 2.45) is 0 Å². The number of alkyl halides is 1. The number of halogens is 2. The molecule has 0 aromatic carbocycles. The zero-order valence-electron chi connectivity index (χ0n) is 4.99. The van der Waals surface area contributed by atoms with Crippen molar-refractivity contribution in [3.8, 4) is 0 Å². The van der Waals surface area contributed by atoms with E-state index in [1.165, 1.54) is 0 Å². The number of hydrogen-bond acceptors (Lipinski definition) is 0. The van der Waals surface area contributed by atoms with Gasteiger partial charge in [-0.3, -0.25) is 0 Å². The summed E-state index contributed by atoms with van der Waals surface area (Å²) in [4.78, 5) is 2.83. The van der Waals surface area contributed by atoms with Crippen molar-refractivity contribution in [1.29, 1.82) is 0 Å². The Bertz CT molecular complexity index is 193. The summed E-state index contributed by atoms with van der Waals surface area (Å²) >= 11 is 11.3. The van der Waals surface area contributed by atoms with Gasteiger partial charge in [-0.2, -0.15) is 0 Å². The summed E-state index contributed by atoms with van der Waals surface area (Å²) in [5.41, 5.74) is 1.03. The lowest BCUT2D eigenvalue weighted by Crippen LogP contribution is -1.75. The first kappa shape index (κ1) is 6.97. The summed E-state index contributed by atoms with van der Waals surface area (Å²) in [7, 11) is 0. The molecule has 50 valence electrons. The fraction of sp³-hybridized carbons (Fsp3) is 0.333. The van der Waals surface area contributed by atoms with E-state index in [-0.39, 0.29) is 5.38 Å². The van der Waals surface area contributed by atoms with Gasteiger partial charge in [0.15, 0.2) is 0 Å². The maximum atomic E-state index is 5.74. The molecule has 1 aromatic rings. The van der Waals surface area contributed by atoms with Gasteiger partial charge >= 0.3 is 0 Å². The highest BCUT2D eigenvalue weighted by Crippen LogP contribution is 2.21. The number of nitrogens with one attached hydrogen (secondary N) is 1. The predicted molar refractivity (Wildman–Crippen MR) is 40.1 cm³/mol. The first-order valence-electron chi connectivity index (χ1n) is 2.68. The third-order valence-corrected chi connectivity index (χ3v) is 1.60. The van der Waals surface area contributed by atoms with E-state index < -0.39 is 0 Å². The van der Waals surface area contributed by atoms with Crippen molar-refractivity contribution in [2.45, 2.75) is 12.3 Å². The zero-order valence-corrected chi connectivity index (χ0v) is 6.50. The summed E-state index contributed by atoms with van der Waals surface area (Å²) in [6.07, 6.45) is 1.81. The average Bonchev–Trinajstić information content (AvgIpc) is 2.14. The molecule has 0 amide bonds. The van der Waals surface area contributed by atoms with Crippen LogP contribution >= 0.6 is 23.2 Å². The lowest BCUT2D eigenvalue weighted by molar-refractivity contribution is 1.09. The van der Waals surface area contributed by atoms with E-state index in [0.717, 1.165) is 5.56 Å². The van der Waals surface area contributed by atoms with E-state index in [0.29, 0.717) is 5.15 Å². The van der Waals surface area contributed by atoms with E-state index in [1.54, 1.807) is 6.20 Å². The summed E-state index contributed by atoms with van der Waals surface area (Å²) in [5.74, 6) is 0. The third kappa shape index (κ3) is 1.63. The zero-order chi connectivity index (χ0) is 6.85. The number of rotatable bonds is 1. The summed E-state index contributed by atoms with van der Waals surface area (Å²) in [5, 5.41) is 0.672. The molecule has 0 spiro atoms. The quantitative estimate of drug-likeness (QED) is 0.614. The third-order valence-electron chi connectivity index (χ3n) is 1.13. The fourth-order valence-corrected chi connectivity index (χ4v) is 0.918. The van der Waals surface area contributed by atoms with Crippen molar-refractivity contribution < 1.29 is 0 Å². The Labute approximate surface area is 64.0 Å². The minimum absolute atomic E-state index is 0.0359. The molecule has 0 saturated carbocycles. The highest BCUT2D eigenvalue weighted by Gasteiger charge is 2.01. The Morgan fingerprint density at radius 1 is 1.67 bits per heavy atom. The lowest BCUT2D eigenvalue weighted by atomic mass is 10.3. The van der Waals surface area contributed by atoms with E-state index in [9.17, 15) is 0 Å². The van der Waals surface area contributed by atoms with Crippen LogP contribution < -0.4 is 0 Å². The van der Waals surface area contributed by atoms with Gasteiger partial charge in [0.25, 0.3) is 0 Å². The van der Waals surface area contributed by atoms with E-state index in [4.69, 9.17) is 23.2 Å². The number of aromatic nitrogens is 1. The summed E-state index contributed by atoms with van der Waals surface area (Å²) < 4.78 is 0. The second-order valence-corrected chi connectivity index (χ2v) is 2.96. The van der Waals surface area contributed by atoms with E-state index >= 15 is 0 Å². The van der Waals surface area contributed by atoms with E-state index in [2.05, 4.69) is 4.98 Å². The molecule has 1 aromatic heterocycles. The molecular formula is C6H7Cl2N. The second-order valence-electron chi connectivity index (χ2n) is 1.90. The molecule has 1 heterocycles. The highest BCUT2D eigenvalue weighted by atomic mass is 35.5. The first-order chi connectivity index (χ1) is 4.20. The SMILES string of the molecule is CC(Cl)c1c[nH]c(Cl)c1. The molecule has 0 radical (unpaired) electrons. The van der Waals surface area contributed by atoms with Gasteiger partial charge in [0, 0.05) is 6.20 Å². The van der Waals surface area contributed by atoms with Crippen molar-refractivity contribution >= 4 is 23.2 Å². The monoisotopic (exact) mass is 163 g/mol. The average molecular weight is 164 g/mol. The van der Waals surface area contributed by atoms with Gasteiger partial charge in [-0.15, -0.1) is 11.6 Å². The number of aromatic amines is 1. The Balaban J connectivity index is 2.85. The van der Waals surface area contributed by atoms with Gasteiger partial charge in [0.1, 0.15) is 5.15 Å². The molecule has 0 bridgehead atoms. The smallest absolute Gasteiger partial charge is 0.106 e. The van der Waals surface area contributed by atoms with Crippen LogP contribution in [0.5, 0.6) is 0 Å². The van der Waals surface area contributed by atoms with Gasteiger partial charge in [-0.1, -0.05) is 11.6 Å². The van der Waals surface area contributed by atoms with Crippen molar-refractivity contribution in [3.05, 3.63) is 23.0 Å². The minimum Gasteiger partial charge on any atom is -0.352 e. The van der Waals surface area contributed by atoms with Crippen LogP contribution in [0.4, 0.5) is 0 Å². The Hall–Kier alpha value is -0.140. The van der Waals surface area contributed by atoms with Crippen LogP contribution in [0.3, 0.4) is 0 Å². The minimum atomic E-state index is 0.0359. The summed E-state index contributed by atoms with van der Waals surface area (Å²) in [6, 6.07) is 1.82. The molecule has 0 saturated heterocycles. The largest absolute Gasteiger partial charge is 0.352 e. The van der Waals surface area contributed by atoms with E-state index in [1.807, 2.05) is 13.0 Å². The summed E-state index contributed by atoms with van der Waals surface area (Å²) in [6.45, 7) is 1.90. The molecule has 9 heavy (non-hydrogen) atoms. The van der Waals surface area contributed by atoms with Crippen LogP contribution in [-0.4, -0.2) is 4.98 Å². The highest BCUT2D eigenvalue weighted by molar-refractivity contribution is 6.29. The standard InChI is InChI=1S/C6H7Cl2N/c1-4(7)5-2-6(8)9-3-5/h2-4,9H,1H3. The molecule has 1 rings (SSSR count). The molecular weight excluding hydrogens is 157 g/mol. The number of H-pyrrole nitrogens is 1. The van der Waals surface area contributed by atoms with Crippen LogP contribution in [0.25, 0.3) is 0 Å². The fourth-order valence-electron chi connectivity index (χ4n) is 0.612. The van der Waals surface area contributed by atoms with Crippen LogP contribution in [0, 0.1) is 0 Å². The molecule has 0 aliphatic carbocycles. The van der Waals surface area contributed by atoms with Crippen LogP contribution in [0.2, 0.25) is 5.15 Å². The van der Waals surface area contributed by atoms with Gasteiger partial charge in [-0.25, -0.2) is 0 Å². The molecule has 1 atom stereocenters. The van der Waals surface area contributed by atoms with Gasteiger partial charge < -0.3 is 4.98 Å². The maximum absolute atomic E-state index is 5.74. The van der Waals surface area contributed by atoms with Gasteiger partial charge in [0.05, 0.1) is 5.38 Å². The normalized spacial score (nSPS) is 13.7. The molecule has 0 aliphatic heterocycles. The van der Waals surface area contributed by atoms with Crippen LogP contribution in [0.1, 0.15) is 17.9 Å². The molecule has 3 heteroatoms. The first-order valence-corrected chi connectivity index (χ1v) is 3.49. The Kier molecular flexibility index (Phi) is 2.04. The van der Waals surface area contributed by atoms with Gasteiger partial charge in [0.2, 0.25) is 0 Å². The Morgan fingerprint density at radius 2 is 2.33 bits per heavy atom. The topological polar surface area (TPSA) is 15.8 Å². The lowest BCUT2D eigenvalue weighted by Gasteiger charge is -1.93. The molecule has 1 unspecified atom stereocenters. The molecule has 1 N–H and O–H groups in total. The van der Waals surface area contributed by atoms with Crippen molar-refractivity contribution in [1.82, 2.24) is 4.98 Å². The predicted octanol–water partition coefficient (Wildman–Crippen LogP) is 2.97.